The first kappa shape index (κ1) is 17.2. The summed E-state index contributed by atoms with van der Waals surface area (Å²) in [6.45, 7) is 2.53. The molecular formula is C15H19F2NO3. The van der Waals surface area contributed by atoms with Gasteiger partial charge in [0.2, 0.25) is 0 Å². The van der Waals surface area contributed by atoms with Crippen molar-refractivity contribution in [3.8, 4) is 0 Å². The number of nitrogens with one attached hydrogen (secondary N) is 1. The monoisotopic (exact) mass is 299 g/mol. The SMILES string of the molecule is CCCCCNC(CC(=O)O)C(=O)c1ccc(F)c(F)c1. The highest BCUT2D eigenvalue weighted by atomic mass is 19.2. The topological polar surface area (TPSA) is 66.4 Å². The lowest BCUT2D eigenvalue weighted by Crippen LogP contribution is -2.39. The Balaban J connectivity index is 2.78. The summed E-state index contributed by atoms with van der Waals surface area (Å²) in [5, 5.41) is 11.7. The van der Waals surface area contributed by atoms with Gasteiger partial charge in [-0.05, 0) is 31.2 Å². The zero-order chi connectivity index (χ0) is 15.8. The molecule has 1 aromatic rings. The van der Waals surface area contributed by atoms with Crippen LogP contribution >= 0.6 is 0 Å². The van der Waals surface area contributed by atoms with Gasteiger partial charge in [-0.2, -0.15) is 0 Å². The number of carbonyl (C=O) groups excluding carboxylic acids is 1. The highest BCUT2D eigenvalue weighted by molar-refractivity contribution is 6.01. The predicted molar refractivity (Wildman–Crippen MR) is 74.3 cm³/mol. The number of carboxylic acid groups (broad SMARTS) is 1. The predicted octanol–water partition coefficient (Wildman–Crippen LogP) is 2.77. The van der Waals surface area contributed by atoms with Gasteiger partial charge in [0.05, 0.1) is 12.5 Å². The molecule has 0 amide bonds. The van der Waals surface area contributed by atoms with Gasteiger partial charge in [0.1, 0.15) is 0 Å². The Labute approximate surface area is 122 Å². The van der Waals surface area contributed by atoms with Crippen molar-refractivity contribution < 1.29 is 23.5 Å². The Bertz CT molecular complexity index is 506. The van der Waals surface area contributed by atoms with E-state index < -0.39 is 35.8 Å². The van der Waals surface area contributed by atoms with Crippen LogP contribution in [-0.4, -0.2) is 29.4 Å². The summed E-state index contributed by atoms with van der Waals surface area (Å²) in [6, 6.07) is 1.87. The maximum atomic E-state index is 13.2. The number of rotatable bonds is 9. The van der Waals surface area contributed by atoms with Crippen LogP contribution in [0, 0.1) is 11.6 Å². The fourth-order valence-corrected chi connectivity index (χ4v) is 1.93. The number of unbranched alkanes of at least 4 members (excludes halogenated alkanes) is 2. The van der Waals surface area contributed by atoms with E-state index >= 15 is 0 Å². The van der Waals surface area contributed by atoms with Crippen molar-refractivity contribution in [2.45, 2.75) is 38.6 Å². The number of hydrogen-bond donors (Lipinski definition) is 2. The fraction of sp³-hybridized carbons (Fsp3) is 0.467. The summed E-state index contributed by atoms with van der Waals surface area (Å²) in [6.07, 6.45) is 2.39. The third kappa shape index (κ3) is 5.59. The maximum absolute atomic E-state index is 13.2. The normalized spacial score (nSPS) is 12.1. The van der Waals surface area contributed by atoms with Crippen molar-refractivity contribution in [2.75, 3.05) is 6.54 Å². The van der Waals surface area contributed by atoms with E-state index in [0.29, 0.717) is 6.54 Å². The van der Waals surface area contributed by atoms with Crippen LogP contribution < -0.4 is 5.32 Å². The number of hydrogen-bond acceptors (Lipinski definition) is 3. The van der Waals surface area contributed by atoms with E-state index in [1.54, 1.807) is 0 Å². The average molecular weight is 299 g/mol. The molecule has 1 aromatic carbocycles. The second kappa shape index (κ2) is 8.46. The molecule has 0 spiro atoms. The first-order valence-electron chi connectivity index (χ1n) is 6.90. The molecule has 1 atom stereocenters. The smallest absolute Gasteiger partial charge is 0.305 e. The van der Waals surface area contributed by atoms with Crippen LogP contribution in [0.25, 0.3) is 0 Å². The molecule has 0 aromatic heterocycles. The Kier molecular flexibility index (Phi) is 6.94. The largest absolute Gasteiger partial charge is 0.481 e. The molecule has 4 nitrogen and oxygen atoms in total. The highest BCUT2D eigenvalue weighted by Crippen LogP contribution is 2.12. The van der Waals surface area contributed by atoms with Crippen LogP contribution in [0.15, 0.2) is 18.2 Å². The van der Waals surface area contributed by atoms with Crippen molar-refractivity contribution in [1.82, 2.24) is 5.32 Å². The Hall–Kier alpha value is -1.82. The highest BCUT2D eigenvalue weighted by Gasteiger charge is 2.23. The molecule has 21 heavy (non-hydrogen) atoms. The number of Topliss-reactive ketones (excluding diaryl/α,β-unsaturated/α-hetero) is 1. The maximum Gasteiger partial charge on any atom is 0.305 e. The molecule has 0 aliphatic rings. The van der Waals surface area contributed by atoms with Gasteiger partial charge in [-0.15, -0.1) is 0 Å². The summed E-state index contributed by atoms with van der Waals surface area (Å²) in [5.41, 5.74) is -0.0388. The molecule has 0 bridgehead atoms. The minimum absolute atomic E-state index is 0.0388. The lowest BCUT2D eigenvalue weighted by Gasteiger charge is -2.16. The van der Waals surface area contributed by atoms with Crippen molar-refractivity contribution in [1.29, 1.82) is 0 Å². The lowest BCUT2D eigenvalue weighted by atomic mass is 10.0. The van der Waals surface area contributed by atoms with E-state index in [9.17, 15) is 18.4 Å². The second-order valence-corrected chi connectivity index (χ2v) is 4.80. The number of halogens is 2. The van der Waals surface area contributed by atoms with Crippen molar-refractivity contribution in [3.05, 3.63) is 35.4 Å². The molecule has 0 radical (unpaired) electrons. The number of aliphatic carboxylic acids is 1. The van der Waals surface area contributed by atoms with Gasteiger partial charge in [0.25, 0.3) is 0 Å². The molecule has 2 N–H and O–H groups in total. The molecule has 1 unspecified atom stereocenters. The second-order valence-electron chi connectivity index (χ2n) is 4.80. The van der Waals surface area contributed by atoms with Crippen LogP contribution in [0.5, 0.6) is 0 Å². The van der Waals surface area contributed by atoms with Gasteiger partial charge in [-0.3, -0.25) is 9.59 Å². The number of benzene rings is 1. The van der Waals surface area contributed by atoms with Gasteiger partial charge >= 0.3 is 5.97 Å². The summed E-state index contributed by atoms with van der Waals surface area (Å²) in [7, 11) is 0. The summed E-state index contributed by atoms with van der Waals surface area (Å²) in [4.78, 5) is 23.0. The summed E-state index contributed by atoms with van der Waals surface area (Å²) < 4.78 is 26.0. The van der Waals surface area contributed by atoms with Gasteiger partial charge < -0.3 is 10.4 Å². The van der Waals surface area contributed by atoms with Crippen LogP contribution in [0.3, 0.4) is 0 Å². The van der Waals surface area contributed by atoms with E-state index in [4.69, 9.17) is 5.11 Å². The Morgan fingerprint density at radius 2 is 1.95 bits per heavy atom. The molecule has 0 saturated heterocycles. The minimum atomic E-state index is -1.13. The summed E-state index contributed by atoms with van der Waals surface area (Å²) >= 11 is 0. The third-order valence-electron chi connectivity index (χ3n) is 3.07. The number of carboxylic acids is 1. The van der Waals surface area contributed by atoms with E-state index in [1.807, 2.05) is 6.92 Å². The van der Waals surface area contributed by atoms with Gasteiger partial charge in [0.15, 0.2) is 17.4 Å². The first-order chi connectivity index (χ1) is 9.95. The Morgan fingerprint density at radius 1 is 1.24 bits per heavy atom. The van der Waals surface area contributed by atoms with Crippen LogP contribution in [0.2, 0.25) is 0 Å². The average Bonchev–Trinajstić information content (AvgIpc) is 2.44. The molecule has 1 rings (SSSR count). The molecule has 0 aliphatic carbocycles. The Morgan fingerprint density at radius 3 is 2.52 bits per heavy atom. The molecule has 116 valence electrons. The number of carbonyl (C=O) groups is 2. The van der Waals surface area contributed by atoms with Crippen molar-refractivity contribution in [2.24, 2.45) is 0 Å². The van der Waals surface area contributed by atoms with Crippen molar-refractivity contribution >= 4 is 11.8 Å². The van der Waals surface area contributed by atoms with Crippen LogP contribution in [-0.2, 0) is 4.79 Å². The zero-order valence-corrected chi connectivity index (χ0v) is 11.9. The molecule has 0 heterocycles. The molecule has 0 saturated carbocycles. The van der Waals surface area contributed by atoms with Crippen LogP contribution in [0.4, 0.5) is 8.78 Å². The first-order valence-corrected chi connectivity index (χ1v) is 6.90. The lowest BCUT2D eigenvalue weighted by molar-refractivity contribution is -0.137. The third-order valence-corrected chi connectivity index (χ3v) is 3.07. The van der Waals surface area contributed by atoms with E-state index in [-0.39, 0.29) is 5.56 Å². The zero-order valence-electron chi connectivity index (χ0n) is 11.9. The van der Waals surface area contributed by atoms with E-state index in [2.05, 4.69) is 5.32 Å². The van der Waals surface area contributed by atoms with Gasteiger partial charge in [0, 0.05) is 5.56 Å². The minimum Gasteiger partial charge on any atom is -0.481 e. The van der Waals surface area contributed by atoms with Crippen molar-refractivity contribution in [3.63, 3.8) is 0 Å². The molecule has 0 fully saturated rings. The van der Waals surface area contributed by atoms with Crippen LogP contribution in [0.1, 0.15) is 43.0 Å². The standard InChI is InChI=1S/C15H19F2NO3/c1-2-3-4-7-18-13(9-14(19)20)15(21)10-5-6-11(16)12(17)8-10/h5-6,8,13,18H,2-4,7,9H2,1H3,(H,19,20). The molecule has 0 aliphatic heterocycles. The fourth-order valence-electron chi connectivity index (χ4n) is 1.93. The summed E-state index contributed by atoms with van der Waals surface area (Å²) in [5.74, 6) is -3.84. The van der Waals surface area contributed by atoms with Gasteiger partial charge in [-0.25, -0.2) is 8.78 Å². The molecule has 6 heteroatoms. The number of ketones is 1. The van der Waals surface area contributed by atoms with E-state index in [0.717, 1.165) is 37.5 Å². The van der Waals surface area contributed by atoms with E-state index in [1.165, 1.54) is 0 Å². The van der Waals surface area contributed by atoms with Gasteiger partial charge in [-0.1, -0.05) is 19.8 Å². The molecular weight excluding hydrogens is 280 g/mol. The quantitative estimate of drug-likeness (QED) is 0.543.